The molecule has 1 N–H and O–H groups in total. The van der Waals surface area contributed by atoms with Crippen molar-refractivity contribution in [1.29, 1.82) is 0 Å². The number of carbonyl (C=O) groups is 1. The van der Waals surface area contributed by atoms with Gasteiger partial charge in [0.25, 0.3) is 0 Å². The molecule has 2 rings (SSSR count). The van der Waals surface area contributed by atoms with Crippen molar-refractivity contribution < 1.29 is 14.3 Å². The largest absolute Gasteiger partial charge is 0.477 e. The molecule has 6 heteroatoms. The van der Waals surface area contributed by atoms with Crippen molar-refractivity contribution in [2.75, 3.05) is 0 Å². The standard InChI is InChI=1S/C9H3BrClFO2S/c10-3-1-2-4(12)5-6(11)8(9(13)14)15-7(3)5/h1-2H,(H,13,14). The molecule has 0 saturated carbocycles. The summed E-state index contributed by atoms with van der Waals surface area (Å²) >= 11 is 9.97. The summed E-state index contributed by atoms with van der Waals surface area (Å²) in [7, 11) is 0. The van der Waals surface area contributed by atoms with Crippen LogP contribution < -0.4 is 0 Å². The Hall–Kier alpha value is -0.650. The van der Waals surface area contributed by atoms with Gasteiger partial charge in [0.1, 0.15) is 10.7 Å². The fourth-order valence-electron chi connectivity index (χ4n) is 1.24. The van der Waals surface area contributed by atoms with E-state index in [1.54, 1.807) is 0 Å². The van der Waals surface area contributed by atoms with Gasteiger partial charge in [0, 0.05) is 9.86 Å². The average molecular weight is 310 g/mol. The lowest BCUT2D eigenvalue weighted by molar-refractivity contribution is 0.0702. The molecule has 2 nitrogen and oxygen atoms in total. The van der Waals surface area contributed by atoms with Crippen molar-refractivity contribution in [2.24, 2.45) is 0 Å². The molecule has 0 fully saturated rings. The fourth-order valence-corrected chi connectivity index (χ4v) is 3.20. The molecule has 0 unspecified atom stereocenters. The number of hydrogen-bond acceptors (Lipinski definition) is 2. The molecule has 0 aliphatic rings. The quantitative estimate of drug-likeness (QED) is 0.859. The van der Waals surface area contributed by atoms with E-state index in [2.05, 4.69) is 15.9 Å². The van der Waals surface area contributed by atoms with Gasteiger partial charge < -0.3 is 5.11 Å². The van der Waals surface area contributed by atoms with Gasteiger partial charge in [-0.1, -0.05) is 11.6 Å². The number of rotatable bonds is 1. The first-order valence-electron chi connectivity index (χ1n) is 3.81. The van der Waals surface area contributed by atoms with Gasteiger partial charge in [0.05, 0.1) is 9.72 Å². The summed E-state index contributed by atoms with van der Waals surface area (Å²) in [5.74, 6) is -1.66. The third-order valence-corrected chi connectivity index (χ3v) is 4.50. The lowest BCUT2D eigenvalue weighted by Gasteiger charge is -1.95. The number of benzene rings is 1. The van der Waals surface area contributed by atoms with Gasteiger partial charge >= 0.3 is 5.97 Å². The number of aromatic carboxylic acids is 1. The van der Waals surface area contributed by atoms with E-state index in [4.69, 9.17) is 16.7 Å². The minimum Gasteiger partial charge on any atom is -0.477 e. The van der Waals surface area contributed by atoms with Crippen LogP contribution in [0.15, 0.2) is 16.6 Å². The van der Waals surface area contributed by atoms with E-state index in [0.717, 1.165) is 11.3 Å². The first kappa shape index (κ1) is 10.9. The second kappa shape index (κ2) is 3.73. The molecule has 78 valence electrons. The molecule has 1 aromatic heterocycles. The van der Waals surface area contributed by atoms with E-state index >= 15 is 0 Å². The minimum atomic E-state index is -1.15. The van der Waals surface area contributed by atoms with E-state index in [0.29, 0.717) is 9.17 Å². The van der Waals surface area contributed by atoms with Crippen LogP contribution in [0.4, 0.5) is 4.39 Å². The molecule has 0 bridgehead atoms. The highest BCUT2D eigenvalue weighted by Gasteiger charge is 2.20. The van der Waals surface area contributed by atoms with Crippen molar-refractivity contribution in [1.82, 2.24) is 0 Å². The third-order valence-electron chi connectivity index (χ3n) is 1.88. The van der Waals surface area contributed by atoms with Gasteiger partial charge in [0.15, 0.2) is 0 Å². The van der Waals surface area contributed by atoms with Gasteiger partial charge in [-0.15, -0.1) is 11.3 Å². The predicted octanol–water partition coefficient (Wildman–Crippen LogP) is 4.15. The highest BCUT2D eigenvalue weighted by Crippen LogP contribution is 2.40. The maximum atomic E-state index is 13.4. The molecule has 0 radical (unpaired) electrons. The molecule has 0 aliphatic heterocycles. The summed E-state index contributed by atoms with van der Waals surface area (Å²) in [6.07, 6.45) is 0. The normalized spacial score (nSPS) is 10.9. The average Bonchev–Trinajstić information content (AvgIpc) is 2.51. The number of carboxylic acids is 1. The van der Waals surface area contributed by atoms with E-state index in [9.17, 15) is 9.18 Å². The summed E-state index contributed by atoms with van der Waals surface area (Å²) in [4.78, 5) is 10.8. The van der Waals surface area contributed by atoms with Crippen LogP contribution in [-0.4, -0.2) is 11.1 Å². The summed E-state index contributed by atoms with van der Waals surface area (Å²) in [5, 5.41) is 8.96. The first-order chi connectivity index (χ1) is 7.02. The number of thiophene rings is 1. The number of fused-ring (bicyclic) bond motifs is 1. The zero-order valence-electron chi connectivity index (χ0n) is 7.05. The van der Waals surface area contributed by atoms with E-state index in [1.807, 2.05) is 0 Å². The van der Waals surface area contributed by atoms with E-state index in [1.165, 1.54) is 12.1 Å². The summed E-state index contributed by atoms with van der Waals surface area (Å²) < 4.78 is 14.6. The van der Waals surface area contributed by atoms with Crippen LogP contribution in [0, 0.1) is 5.82 Å². The summed E-state index contributed by atoms with van der Waals surface area (Å²) in [6, 6.07) is 2.77. The Balaban J connectivity index is 2.93. The zero-order valence-corrected chi connectivity index (χ0v) is 10.2. The Morgan fingerprint density at radius 1 is 1.53 bits per heavy atom. The van der Waals surface area contributed by atoms with Gasteiger partial charge in [-0.25, -0.2) is 9.18 Å². The Labute approximate surface area is 101 Å². The third kappa shape index (κ3) is 1.64. The molecule has 2 aromatic rings. The molecule has 0 spiro atoms. The Morgan fingerprint density at radius 2 is 2.20 bits per heavy atom. The SMILES string of the molecule is O=C(O)c1sc2c(Br)ccc(F)c2c1Cl. The number of halogens is 3. The van der Waals surface area contributed by atoms with Crippen LogP contribution in [0.1, 0.15) is 9.67 Å². The Morgan fingerprint density at radius 3 is 2.73 bits per heavy atom. The topological polar surface area (TPSA) is 37.3 Å². The molecule has 0 aliphatic carbocycles. The molecule has 1 heterocycles. The molecule has 0 amide bonds. The highest BCUT2D eigenvalue weighted by molar-refractivity contribution is 9.10. The summed E-state index contributed by atoms with van der Waals surface area (Å²) in [6.45, 7) is 0. The van der Waals surface area contributed by atoms with Gasteiger partial charge in [-0.2, -0.15) is 0 Å². The Kier molecular flexibility index (Phi) is 2.70. The lowest BCUT2D eigenvalue weighted by Crippen LogP contribution is -1.91. The monoisotopic (exact) mass is 308 g/mol. The van der Waals surface area contributed by atoms with Crippen molar-refractivity contribution >= 4 is 54.9 Å². The van der Waals surface area contributed by atoms with Crippen molar-refractivity contribution in [3.63, 3.8) is 0 Å². The lowest BCUT2D eigenvalue weighted by atomic mass is 10.2. The second-order valence-electron chi connectivity index (χ2n) is 2.78. The van der Waals surface area contributed by atoms with Gasteiger partial charge in [-0.3, -0.25) is 0 Å². The summed E-state index contributed by atoms with van der Waals surface area (Å²) in [5.41, 5.74) is 0. The number of carboxylic acid groups (broad SMARTS) is 1. The fraction of sp³-hybridized carbons (Fsp3) is 0. The van der Waals surface area contributed by atoms with Gasteiger partial charge in [0.2, 0.25) is 0 Å². The van der Waals surface area contributed by atoms with Crippen LogP contribution >= 0.6 is 38.9 Å². The zero-order chi connectivity index (χ0) is 11.2. The van der Waals surface area contributed by atoms with Gasteiger partial charge in [-0.05, 0) is 28.1 Å². The van der Waals surface area contributed by atoms with Crippen LogP contribution in [-0.2, 0) is 0 Å². The van der Waals surface area contributed by atoms with Crippen molar-refractivity contribution in [3.05, 3.63) is 32.3 Å². The predicted molar refractivity (Wildman–Crippen MR) is 61.5 cm³/mol. The van der Waals surface area contributed by atoms with Crippen molar-refractivity contribution in [3.8, 4) is 0 Å². The molecule has 1 aromatic carbocycles. The van der Waals surface area contributed by atoms with Crippen LogP contribution in [0.25, 0.3) is 10.1 Å². The van der Waals surface area contributed by atoms with E-state index < -0.39 is 11.8 Å². The molecular weight excluding hydrogens is 307 g/mol. The molecule has 15 heavy (non-hydrogen) atoms. The number of hydrogen-bond donors (Lipinski definition) is 1. The van der Waals surface area contributed by atoms with Crippen molar-refractivity contribution in [2.45, 2.75) is 0 Å². The van der Waals surface area contributed by atoms with Crippen LogP contribution in [0.3, 0.4) is 0 Å². The Bertz CT molecular complexity index is 567. The molecular formula is C9H3BrClFO2S. The highest BCUT2D eigenvalue weighted by atomic mass is 79.9. The van der Waals surface area contributed by atoms with Crippen LogP contribution in [0.2, 0.25) is 5.02 Å². The minimum absolute atomic E-state index is 0.0405. The first-order valence-corrected chi connectivity index (χ1v) is 5.80. The maximum absolute atomic E-state index is 13.4. The second-order valence-corrected chi connectivity index (χ2v) is 5.04. The van der Waals surface area contributed by atoms with E-state index in [-0.39, 0.29) is 15.3 Å². The maximum Gasteiger partial charge on any atom is 0.347 e. The molecule has 0 saturated heterocycles. The van der Waals surface area contributed by atoms with Crippen LogP contribution in [0.5, 0.6) is 0 Å². The smallest absolute Gasteiger partial charge is 0.347 e. The molecule has 0 atom stereocenters.